The van der Waals surface area contributed by atoms with Crippen LogP contribution in [-0.2, 0) is 14.8 Å². The van der Waals surface area contributed by atoms with Gasteiger partial charge in [-0.25, -0.2) is 8.42 Å². The first-order chi connectivity index (χ1) is 12.3. The van der Waals surface area contributed by atoms with Crippen LogP contribution in [0.25, 0.3) is 6.08 Å². The number of carbonyl (C=O) groups excluding carboxylic acids is 1. The highest BCUT2D eigenvalue weighted by atomic mass is 32.2. The van der Waals surface area contributed by atoms with Gasteiger partial charge in [0.05, 0.1) is 0 Å². The smallest absolute Gasteiger partial charge is 0.236 e. The van der Waals surface area contributed by atoms with E-state index in [1.165, 1.54) is 9.71 Å². The Bertz CT molecular complexity index is 818. The normalized spacial score (nSPS) is 21.8. The average molecular weight is 375 g/mol. The summed E-state index contributed by atoms with van der Waals surface area (Å²) in [6.07, 6.45) is 4.81. The molecule has 1 aromatic carbocycles. The minimum Gasteiger partial charge on any atom is -0.372 e. The van der Waals surface area contributed by atoms with Gasteiger partial charge in [-0.3, -0.25) is 4.79 Å². The molecule has 0 unspecified atom stereocenters. The standard InChI is InChI=1S/C20H26N2O3S/c1-20(2)15-18(14-19(23)16-20)21-9-11-22(12-10-21)26(24,25)13-8-17-6-4-3-5-7-17/h3-8,13-14H,9-12,15-16H2,1-2H3. The molecule has 1 aliphatic heterocycles. The second kappa shape index (κ2) is 7.37. The van der Waals surface area contributed by atoms with Crippen molar-refractivity contribution in [3.05, 3.63) is 53.1 Å². The largest absolute Gasteiger partial charge is 0.372 e. The number of hydrogen-bond donors (Lipinski definition) is 0. The van der Waals surface area contributed by atoms with Gasteiger partial charge in [0.25, 0.3) is 0 Å². The highest BCUT2D eigenvalue weighted by molar-refractivity contribution is 7.92. The fourth-order valence-electron chi connectivity index (χ4n) is 3.56. The lowest BCUT2D eigenvalue weighted by Crippen LogP contribution is -2.48. The molecule has 1 aliphatic carbocycles. The molecule has 1 heterocycles. The average Bonchev–Trinajstić information content (AvgIpc) is 2.59. The number of ketones is 1. The highest BCUT2D eigenvalue weighted by Crippen LogP contribution is 2.35. The zero-order chi connectivity index (χ0) is 18.8. The Balaban J connectivity index is 1.63. The number of piperazine rings is 1. The molecule has 26 heavy (non-hydrogen) atoms. The van der Waals surface area contributed by atoms with E-state index in [9.17, 15) is 13.2 Å². The van der Waals surface area contributed by atoms with Crippen LogP contribution in [0.1, 0.15) is 32.3 Å². The molecule has 1 aromatic rings. The van der Waals surface area contributed by atoms with E-state index in [0.717, 1.165) is 17.7 Å². The van der Waals surface area contributed by atoms with E-state index in [1.807, 2.05) is 30.3 Å². The molecule has 0 radical (unpaired) electrons. The second-order valence-corrected chi connectivity index (χ2v) is 9.58. The van der Waals surface area contributed by atoms with Crippen molar-refractivity contribution in [2.45, 2.75) is 26.7 Å². The lowest BCUT2D eigenvalue weighted by atomic mass is 9.78. The second-order valence-electron chi connectivity index (χ2n) is 7.76. The monoisotopic (exact) mass is 374 g/mol. The SMILES string of the molecule is CC1(C)CC(=O)C=C(N2CCN(S(=O)(=O)C=Cc3ccccc3)CC2)C1. The lowest BCUT2D eigenvalue weighted by molar-refractivity contribution is -0.117. The number of hydrogen-bond acceptors (Lipinski definition) is 4. The van der Waals surface area contributed by atoms with Crippen LogP contribution >= 0.6 is 0 Å². The summed E-state index contributed by atoms with van der Waals surface area (Å²) in [5, 5.41) is 1.28. The van der Waals surface area contributed by atoms with Crippen molar-refractivity contribution in [1.82, 2.24) is 9.21 Å². The summed E-state index contributed by atoms with van der Waals surface area (Å²) >= 11 is 0. The van der Waals surface area contributed by atoms with Crippen LogP contribution in [0.15, 0.2) is 47.5 Å². The van der Waals surface area contributed by atoms with Crippen LogP contribution in [0.3, 0.4) is 0 Å². The maximum Gasteiger partial charge on any atom is 0.236 e. The van der Waals surface area contributed by atoms with Crippen LogP contribution in [0.4, 0.5) is 0 Å². The van der Waals surface area contributed by atoms with Gasteiger partial charge < -0.3 is 4.90 Å². The third kappa shape index (κ3) is 4.62. The first kappa shape index (κ1) is 18.9. The highest BCUT2D eigenvalue weighted by Gasteiger charge is 2.32. The molecule has 5 nitrogen and oxygen atoms in total. The quantitative estimate of drug-likeness (QED) is 0.813. The predicted molar refractivity (Wildman–Crippen MR) is 104 cm³/mol. The summed E-state index contributed by atoms with van der Waals surface area (Å²) in [6, 6.07) is 9.41. The van der Waals surface area contributed by atoms with Gasteiger partial charge in [-0.1, -0.05) is 44.2 Å². The molecule has 2 aliphatic rings. The minimum absolute atomic E-state index is 0.0250. The number of allylic oxidation sites excluding steroid dienone is 2. The predicted octanol–water partition coefficient (Wildman–Crippen LogP) is 2.88. The van der Waals surface area contributed by atoms with E-state index in [4.69, 9.17) is 0 Å². The van der Waals surface area contributed by atoms with Crippen LogP contribution in [0.5, 0.6) is 0 Å². The van der Waals surface area contributed by atoms with E-state index in [2.05, 4.69) is 18.7 Å². The number of benzene rings is 1. The molecular weight excluding hydrogens is 348 g/mol. The van der Waals surface area contributed by atoms with Crippen molar-refractivity contribution in [2.75, 3.05) is 26.2 Å². The molecule has 0 amide bonds. The zero-order valence-electron chi connectivity index (χ0n) is 15.4. The summed E-state index contributed by atoms with van der Waals surface area (Å²) in [7, 11) is -3.43. The van der Waals surface area contributed by atoms with Gasteiger partial charge in [0.2, 0.25) is 10.0 Å². The fourth-order valence-corrected chi connectivity index (χ4v) is 4.73. The molecule has 6 heteroatoms. The molecule has 1 fully saturated rings. The Kier molecular flexibility index (Phi) is 5.34. The van der Waals surface area contributed by atoms with Crippen LogP contribution in [-0.4, -0.2) is 49.6 Å². The topological polar surface area (TPSA) is 57.7 Å². The number of sulfonamides is 1. The summed E-state index contributed by atoms with van der Waals surface area (Å²) < 4.78 is 26.6. The number of carbonyl (C=O) groups is 1. The van der Waals surface area contributed by atoms with E-state index in [-0.39, 0.29) is 11.2 Å². The van der Waals surface area contributed by atoms with Gasteiger partial charge in [0.1, 0.15) is 0 Å². The number of rotatable bonds is 4. The molecule has 0 aromatic heterocycles. The summed E-state index contributed by atoms with van der Waals surface area (Å²) in [4.78, 5) is 14.1. The maximum atomic E-state index is 12.5. The Morgan fingerprint density at radius 1 is 1.00 bits per heavy atom. The van der Waals surface area contributed by atoms with Gasteiger partial charge in [-0.05, 0) is 23.5 Å². The zero-order valence-corrected chi connectivity index (χ0v) is 16.2. The van der Waals surface area contributed by atoms with E-state index < -0.39 is 10.0 Å². The molecule has 0 spiro atoms. The summed E-state index contributed by atoms with van der Waals surface area (Å²) in [6.45, 7) is 6.32. The fraction of sp³-hybridized carbons (Fsp3) is 0.450. The van der Waals surface area contributed by atoms with Gasteiger partial charge in [0, 0.05) is 49.8 Å². The van der Waals surface area contributed by atoms with Gasteiger partial charge in [0.15, 0.2) is 5.78 Å². The Morgan fingerprint density at radius 2 is 1.65 bits per heavy atom. The first-order valence-corrected chi connectivity index (χ1v) is 10.5. The van der Waals surface area contributed by atoms with Crippen molar-refractivity contribution in [3.8, 4) is 0 Å². The molecule has 0 saturated carbocycles. The van der Waals surface area contributed by atoms with Crippen molar-refractivity contribution in [3.63, 3.8) is 0 Å². The summed E-state index contributed by atoms with van der Waals surface area (Å²) in [5.41, 5.74) is 1.88. The van der Waals surface area contributed by atoms with Gasteiger partial charge in [-0.2, -0.15) is 4.31 Å². The first-order valence-electron chi connectivity index (χ1n) is 8.97. The van der Waals surface area contributed by atoms with Crippen molar-refractivity contribution < 1.29 is 13.2 Å². The number of nitrogens with zero attached hydrogens (tertiary/aromatic N) is 2. The van der Waals surface area contributed by atoms with Crippen molar-refractivity contribution in [2.24, 2.45) is 5.41 Å². The van der Waals surface area contributed by atoms with E-state index in [1.54, 1.807) is 12.2 Å². The van der Waals surface area contributed by atoms with Crippen molar-refractivity contribution in [1.29, 1.82) is 0 Å². The van der Waals surface area contributed by atoms with Gasteiger partial charge >= 0.3 is 0 Å². The molecule has 3 rings (SSSR count). The molecule has 1 saturated heterocycles. The van der Waals surface area contributed by atoms with Crippen LogP contribution < -0.4 is 0 Å². The molecule has 0 bridgehead atoms. The Morgan fingerprint density at radius 3 is 2.27 bits per heavy atom. The van der Waals surface area contributed by atoms with Crippen molar-refractivity contribution >= 4 is 21.9 Å². The van der Waals surface area contributed by atoms with Crippen LogP contribution in [0, 0.1) is 5.41 Å². The third-order valence-corrected chi connectivity index (χ3v) is 6.44. The van der Waals surface area contributed by atoms with E-state index >= 15 is 0 Å². The van der Waals surface area contributed by atoms with E-state index in [0.29, 0.717) is 32.6 Å². The van der Waals surface area contributed by atoms with Crippen LogP contribution in [0.2, 0.25) is 0 Å². The lowest BCUT2D eigenvalue weighted by Gasteiger charge is -2.40. The third-order valence-electron chi connectivity index (χ3n) is 4.88. The minimum atomic E-state index is -3.43. The molecule has 0 atom stereocenters. The Hall–Kier alpha value is -1.92. The molecule has 140 valence electrons. The molecule has 0 N–H and O–H groups in total. The Labute approximate surface area is 156 Å². The van der Waals surface area contributed by atoms with Gasteiger partial charge in [-0.15, -0.1) is 0 Å². The summed E-state index contributed by atoms with van der Waals surface area (Å²) in [5.74, 6) is 0.164. The molecular formula is C20H26N2O3S. The maximum absolute atomic E-state index is 12.5.